The quantitative estimate of drug-likeness (QED) is 0.252. The molecule has 15 nitrogen and oxygen atoms in total. The average molecular weight is 596 g/mol. The lowest BCUT2D eigenvalue weighted by atomic mass is 9.99. The zero-order chi connectivity index (χ0) is 29.3. The van der Waals surface area contributed by atoms with Gasteiger partial charge in [-0.15, -0.1) is 0 Å². The summed E-state index contributed by atoms with van der Waals surface area (Å²) in [6.45, 7) is 9.16. The van der Waals surface area contributed by atoms with Gasteiger partial charge in [-0.05, 0) is 19.3 Å². The molecule has 18 heteroatoms. The second kappa shape index (κ2) is 11.8. The average Bonchev–Trinajstić information content (AvgIpc) is 3.36. The molecule has 0 saturated carbocycles. The second-order valence-electron chi connectivity index (χ2n) is 10.4. The van der Waals surface area contributed by atoms with Crippen LogP contribution in [0.15, 0.2) is 6.33 Å². The number of nitrogens with one attached hydrogen (secondary N) is 1. The maximum Gasteiger partial charge on any atom is 0.481 e. The maximum atomic E-state index is 15.1. The Balaban J connectivity index is 1.64. The number of anilines is 1. The van der Waals surface area contributed by atoms with E-state index in [0.29, 0.717) is 5.82 Å². The van der Waals surface area contributed by atoms with Crippen LogP contribution < -0.4 is 10.8 Å². The first-order valence-electron chi connectivity index (χ1n) is 11.9. The van der Waals surface area contributed by atoms with Crippen molar-refractivity contribution in [3.05, 3.63) is 12.2 Å². The Morgan fingerprint density at radius 1 is 1.36 bits per heavy atom. The van der Waals surface area contributed by atoms with Crippen molar-refractivity contribution in [2.24, 2.45) is 5.41 Å². The van der Waals surface area contributed by atoms with Crippen molar-refractivity contribution >= 4 is 38.3 Å². The standard InChI is InChI=1S/C21H35FN6O9P2/c1-11(20(30)34-9-21(3,4)5)27-38(7,31)37-39(32,33-6)35-8-13-16(29)14(22)19(36-13)28-10-24-15-17(23)25-12(2)26-18(15)28/h10-11,13-14,16,19,29H,8-9H2,1-7H3,(H,27,31)(H2,23,25,26)/t11-,13-,14-,16?,19-,38?,39?/m1/s1. The van der Waals surface area contributed by atoms with Gasteiger partial charge in [0.25, 0.3) is 7.52 Å². The lowest BCUT2D eigenvalue weighted by Crippen LogP contribution is -2.35. The number of aryl methyl sites for hydroxylation is 1. The molecular formula is C21H35FN6O9P2. The molecule has 2 aromatic heterocycles. The van der Waals surface area contributed by atoms with Gasteiger partial charge in [-0.3, -0.25) is 23.0 Å². The Hall–Kier alpha value is -2.03. The summed E-state index contributed by atoms with van der Waals surface area (Å²) >= 11 is 0. The number of aliphatic hydroxyl groups excluding tert-OH is 1. The van der Waals surface area contributed by atoms with Crippen LogP contribution in [0.2, 0.25) is 0 Å². The van der Waals surface area contributed by atoms with Crippen LogP contribution in [0, 0.1) is 12.3 Å². The summed E-state index contributed by atoms with van der Waals surface area (Å²) in [6.07, 6.45) is -5.10. The Kier molecular flexibility index (Phi) is 9.56. The summed E-state index contributed by atoms with van der Waals surface area (Å²) in [7, 11) is -7.51. The van der Waals surface area contributed by atoms with E-state index in [2.05, 4.69) is 20.0 Å². The Morgan fingerprint density at radius 2 is 2.03 bits per heavy atom. The third kappa shape index (κ3) is 7.80. The molecule has 3 heterocycles. The number of hydrogen-bond acceptors (Lipinski definition) is 13. The van der Waals surface area contributed by atoms with Gasteiger partial charge in [0.15, 0.2) is 23.9 Å². The van der Waals surface area contributed by atoms with E-state index in [1.165, 1.54) is 17.8 Å². The van der Waals surface area contributed by atoms with Crippen molar-refractivity contribution in [3.63, 3.8) is 0 Å². The molecular weight excluding hydrogens is 561 g/mol. The number of imidazole rings is 1. The van der Waals surface area contributed by atoms with Crippen LogP contribution in [0.1, 0.15) is 39.7 Å². The molecule has 0 bridgehead atoms. The molecule has 1 saturated heterocycles. The Bertz CT molecular complexity index is 1290. The summed E-state index contributed by atoms with van der Waals surface area (Å²) in [5.74, 6) is -0.277. The number of halogens is 1. The van der Waals surface area contributed by atoms with Gasteiger partial charge >= 0.3 is 13.8 Å². The fourth-order valence-electron chi connectivity index (χ4n) is 3.61. The molecule has 2 aromatic rings. The summed E-state index contributed by atoms with van der Waals surface area (Å²) in [4.78, 5) is 24.5. The molecule has 1 aliphatic heterocycles. The van der Waals surface area contributed by atoms with Crippen LogP contribution in [-0.2, 0) is 36.8 Å². The van der Waals surface area contributed by atoms with Gasteiger partial charge < -0.3 is 20.3 Å². The number of hydrogen-bond donors (Lipinski definition) is 3. The van der Waals surface area contributed by atoms with Crippen molar-refractivity contribution in [1.29, 1.82) is 0 Å². The fraction of sp³-hybridized carbons (Fsp3) is 0.714. The number of phosphoric acid groups is 1. The van der Waals surface area contributed by atoms with E-state index in [9.17, 15) is 19.0 Å². The number of phosphoric ester groups is 1. The minimum Gasteiger partial charge on any atom is -0.464 e. The van der Waals surface area contributed by atoms with Crippen molar-refractivity contribution < 1.29 is 46.3 Å². The maximum absolute atomic E-state index is 15.1. The molecule has 0 spiro atoms. The van der Waals surface area contributed by atoms with Crippen LogP contribution in [0.3, 0.4) is 0 Å². The van der Waals surface area contributed by atoms with Crippen LogP contribution in [0.5, 0.6) is 0 Å². The van der Waals surface area contributed by atoms with Crippen molar-refractivity contribution in [2.75, 3.05) is 32.7 Å². The third-order valence-corrected chi connectivity index (χ3v) is 9.25. The fourth-order valence-corrected chi connectivity index (χ4v) is 7.02. The second-order valence-corrected chi connectivity index (χ2v) is 14.5. The van der Waals surface area contributed by atoms with Gasteiger partial charge in [0.2, 0.25) is 0 Å². The first kappa shape index (κ1) is 31.5. The van der Waals surface area contributed by atoms with Crippen molar-refractivity contribution in [3.8, 4) is 0 Å². The highest BCUT2D eigenvalue weighted by Gasteiger charge is 2.47. The molecule has 220 valence electrons. The van der Waals surface area contributed by atoms with Crippen LogP contribution in [-0.4, -0.2) is 82.0 Å². The predicted molar refractivity (Wildman–Crippen MR) is 137 cm³/mol. The van der Waals surface area contributed by atoms with E-state index in [4.69, 9.17) is 28.6 Å². The molecule has 0 amide bonds. The number of esters is 1. The number of rotatable bonds is 11. The summed E-state index contributed by atoms with van der Waals surface area (Å²) in [5.41, 5.74) is 6.00. The van der Waals surface area contributed by atoms with E-state index in [0.717, 1.165) is 13.8 Å². The predicted octanol–water partition coefficient (Wildman–Crippen LogP) is 2.49. The first-order chi connectivity index (χ1) is 17.9. The minimum absolute atomic E-state index is 0.0951. The van der Waals surface area contributed by atoms with Crippen molar-refractivity contribution in [1.82, 2.24) is 24.6 Å². The summed E-state index contributed by atoms with van der Waals surface area (Å²) in [6, 6.07) is -1.08. The van der Waals surface area contributed by atoms with E-state index in [1.54, 1.807) is 6.92 Å². The minimum atomic E-state index is -4.53. The Labute approximate surface area is 225 Å². The number of aromatic nitrogens is 4. The van der Waals surface area contributed by atoms with E-state index >= 15 is 4.39 Å². The number of aliphatic hydroxyl groups is 1. The number of ether oxygens (including phenoxy) is 2. The van der Waals surface area contributed by atoms with Gasteiger partial charge in [0.1, 0.15) is 29.6 Å². The number of carbonyl (C=O) groups is 1. The lowest BCUT2D eigenvalue weighted by Gasteiger charge is -2.25. The van der Waals surface area contributed by atoms with Crippen molar-refractivity contribution in [2.45, 2.75) is 65.3 Å². The number of nitrogens with zero attached hydrogens (tertiary/aromatic N) is 4. The highest BCUT2D eigenvalue weighted by Crippen LogP contribution is 2.61. The normalized spacial score (nSPS) is 25.8. The van der Waals surface area contributed by atoms with Gasteiger partial charge in [-0.25, -0.2) is 33.3 Å². The molecule has 1 aliphatic rings. The molecule has 3 rings (SSSR count). The van der Waals surface area contributed by atoms with Gasteiger partial charge in [0, 0.05) is 13.8 Å². The van der Waals surface area contributed by atoms with Crippen LogP contribution >= 0.6 is 15.3 Å². The number of carbonyl (C=O) groups excluding carboxylic acids is 1. The smallest absolute Gasteiger partial charge is 0.464 e. The van der Waals surface area contributed by atoms with E-state index in [1.807, 2.05) is 20.8 Å². The number of alkyl halides is 1. The number of fused-ring (bicyclic) bond motifs is 1. The molecule has 3 unspecified atom stereocenters. The molecule has 0 aliphatic carbocycles. The van der Waals surface area contributed by atoms with E-state index < -0.39 is 58.6 Å². The van der Waals surface area contributed by atoms with Crippen LogP contribution in [0.25, 0.3) is 11.2 Å². The highest BCUT2D eigenvalue weighted by molar-refractivity contribution is 7.66. The first-order valence-corrected chi connectivity index (χ1v) is 15.5. The molecule has 0 radical (unpaired) electrons. The molecule has 39 heavy (non-hydrogen) atoms. The zero-order valence-electron chi connectivity index (χ0n) is 22.7. The highest BCUT2D eigenvalue weighted by atomic mass is 31.3. The van der Waals surface area contributed by atoms with E-state index in [-0.39, 0.29) is 29.0 Å². The summed E-state index contributed by atoms with van der Waals surface area (Å²) in [5, 5.41) is 12.9. The molecule has 1 fully saturated rings. The molecule has 4 N–H and O–H groups in total. The largest absolute Gasteiger partial charge is 0.481 e. The number of nitrogen functional groups attached to an aromatic ring is 1. The third-order valence-electron chi connectivity index (χ3n) is 5.43. The summed E-state index contributed by atoms with van der Waals surface area (Å²) < 4.78 is 68.3. The SMILES string of the molecule is COP(=O)(OC[C@H]1O[C@@H](n2cnc3c(N)nc(C)nc32)[C@H](F)C1O)OP(C)(=O)N[C@H](C)C(=O)OCC(C)(C)C. The van der Waals surface area contributed by atoms with Crippen LogP contribution in [0.4, 0.5) is 10.2 Å². The molecule has 7 atom stereocenters. The van der Waals surface area contributed by atoms with Gasteiger partial charge in [-0.2, -0.15) is 0 Å². The van der Waals surface area contributed by atoms with Gasteiger partial charge in [-0.1, -0.05) is 20.8 Å². The monoisotopic (exact) mass is 596 g/mol. The number of nitrogens with two attached hydrogens (primary N) is 1. The zero-order valence-corrected chi connectivity index (χ0v) is 24.5. The topological polar surface area (TPSA) is 199 Å². The Morgan fingerprint density at radius 3 is 2.64 bits per heavy atom. The molecule has 0 aromatic carbocycles. The van der Waals surface area contributed by atoms with Gasteiger partial charge in [0.05, 0.1) is 19.5 Å². The lowest BCUT2D eigenvalue weighted by molar-refractivity contribution is -0.148.